The van der Waals surface area contributed by atoms with Crippen molar-refractivity contribution in [2.75, 3.05) is 18.6 Å². The Kier molecular flexibility index (Phi) is 5.81. The summed E-state index contributed by atoms with van der Waals surface area (Å²) < 4.78 is 4.77. The number of benzene rings is 2. The Balaban J connectivity index is 1.51. The number of fused-ring (bicyclic) bond motifs is 1. The third-order valence-electron chi connectivity index (χ3n) is 5.35. The molecule has 4 rings (SSSR count). The van der Waals surface area contributed by atoms with Gasteiger partial charge in [0.05, 0.1) is 31.2 Å². The Morgan fingerprint density at radius 1 is 1.17 bits per heavy atom. The van der Waals surface area contributed by atoms with E-state index >= 15 is 0 Å². The van der Waals surface area contributed by atoms with Crippen molar-refractivity contribution in [3.63, 3.8) is 0 Å². The minimum atomic E-state index is -0.475. The van der Waals surface area contributed by atoms with E-state index in [1.807, 2.05) is 60.0 Å². The highest BCUT2D eigenvalue weighted by Crippen LogP contribution is 2.32. The molecule has 1 saturated heterocycles. The third-order valence-corrected chi connectivity index (χ3v) is 6.34. The van der Waals surface area contributed by atoms with Crippen molar-refractivity contribution in [2.45, 2.75) is 18.9 Å². The molecule has 2 atom stereocenters. The van der Waals surface area contributed by atoms with Gasteiger partial charge in [-0.1, -0.05) is 42.5 Å². The van der Waals surface area contributed by atoms with Crippen LogP contribution in [0.15, 0.2) is 60.0 Å². The molecule has 154 valence electrons. The van der Waals surface area contributed by atoms with Gasteiger partial charge in [0.25, 0.3) is 0 Å². The minimum absolute atomic E-state index is 0.0520. The molecule has 1 aliphatic heterocycles. The van der Waals surface area contributed by atoms with Crippen LogP contribution in [0.1, 0.15) is 23.8 Å². The van der Waals surface area contributed by atoms with Crippen molar-refractivity contribution in [1.29, 1.82) is 0 Å². The summed E-state index contributed by atoms with van der Waals surface area (Å²) in [5.41, 5.74) is 0.817. The van der Waals surface area contributed by atoms with Crippen LogP contribution in [0, 0.1) is 5.92 Å². The first kappa shape index (κ1) is 20.1. The van der Waals surface area contributed by atoms with Crippen molar-refractivity contribution in [3.8, 4) is 0 Å². The van der Waals surface area contributed by atoms with Crippen LogP contribution in [0.5, 0.6) is 0 Å². The van der Waals surface area contributed by atoms with Crippen molar-refractivity contribution >= 4 is 45.6 Å². The van der Waals surface area contributed by atoms with Crippen molar-refractivity contribution in [1.82, 2.24) is 5.32 Å². The van der Waals surface area contributed by atoms with E-state index in [1.165, 1.54) is 18.4 Å². The molecule has 0 saturated carbocycles. The maximum atomic E-state index is 13.0. The summed E-state index contributed by atoms with van der Waals surface area (Å²) in [5, 5.41) is 6.87. The number of carbonyl (C=O) groups is 3. The fraction of sp³-hybridized carbons (Fsp3) is 0.261. The smallest absolute Gasteiger partial charge is 0.307 e. The van der Waals surface area contributed by atoms with E-state index in [0.717, 1.165) is 21.3 Å². The monoisotopic (exact) mass is 422 g/mol. The molecule has 1 aromatic heterocycles. The summed E-state index contributed by atoms with van der Waals surface area (Å²) in [6.07, 6.45) is 0.195. The molecule has 1 fully saturated rings. The molecule has 2 heterocycles. The Morgan fingerprint density at radius 3 is 2.73 bits per heavy atom. The normalized spacial score (nSPS) is 17.2. The lowest BCUT2D eigenvalue weighted by molar-refractivity contribution is -0.141. The average molecular weight is 423 g/mol. The van der Waals surface area contributed by atoms with Crippen molar-refractivity contribution < 1.29 is 19.1 Å². The summed E-state index contributed by atoms with van der Waals surface area (Å²) in [6, 6.07) is 17.0. The van der Waals surface area contributed by atoms with Crippen LogP contribution >= 0.6 is 11.3 Å². The van der Waals surface area contributed by atoms with Gasteiger partial charge in [0.1, 0.15) is 0 Å². The zero-order chi connectivity index (χ0) is 21.1. The van der Waals surface area contributed by atoms with Gasteiger partial charge in [-0.2, -0.15) is 0 Å². The molecule has 0 spiro atoms. The molecule has 1 N–H and O–H groups in total. The molecule has 2 unspecified atom stereocenters. The van der Waals surface area contributed by atoms with E-state index in [2.05, 4.69) is 5.32 Å². The van der Waals surface area contributed by atoms with Crippen LogP contribution in [0.25, 0.3) is 10.8 Å². The second-order valence-electron chi connectivity index (χ2n) is 7.26. The Labute approximate surface area is 178 Å². The number of rotatable bonds is 6. The number of hydrogen-bond donors (Lipinski definition) is 1. The highest BCUT2D eigenvalue weighted by Gasteiger charge is 2.36. The standard InChI is InChI=1S/C23H22N2O4S/c1-29-22(27)13-18(20-10-5-11-30-20)24-23(28)16-12-21(26)25(14-16)19-9-4-7-15-6-2-3-8-17(15)19/h2-11,16,18H,12-14H2,1H3,(H,24,28). The lowest BCUT2D eigenvalue weighted by Crippen LogP contribution is -2.36. The number of ether oxygens (including phenoxy) is 1. The van der Waals surface area contributed by atoms with E-state index in [0.29, 0.717) is 6.54 Å². The van der Waals surface area contributed by atoms with E-state index < -0.39 is 17.9 Å². The number of amides is 2. The molecular weight excluding hydrogens is 400 g/mol. The number of carbonyl (C=O) groups excluding carboxylic acids is 3. The molecule has 3 aromatic rings. The van der Waals surface area contributed by atoms with Crippen LogP contribution in [-0.2, 0) is 19.1 Å². The Bertz CT molecular complexity index is 1070. The van der Waals surface area contributed by atoms with Gasteiger partial charge in [0.15, 0.2) is 0 Å². The van der Waals surface area contributed by atoms with Crippen LogP contribution in [0.4, 0.5) is 5.69 Å². The average Bonchev–Trinajstić information content (AvgIpc) is 3.43. The Morgan fingerprint density at radius 2 is 1.97 bits per heavy atom. The molecule has 2 aromatic carbocycles. The van der Waals surface area contributed by atoms with Crippen LogP contribution in [0.3, 0.4) is 0 Å². The number of hydrogen-bond acceptors (Lipinski definition) is 5. The van der Waals surface area contributed by atoms with Gasteiger partial charge >= 0.3 is 5.97 Å². The molecule has 0 radical (unpaired) electrons. The number of thiophene rings is 1. The summed E-state index contributed by atoms with van der Waals surface area (Å²) in [6.45, 7) is 0.314. The van der Waals surface area contributed by atoms with E-state index in [9.17, 15) is 14.4 Å². The van der Waals surface area contributed by atoms with Crippen molar-refractivity contribution in [3.05, 3.63) is 64.9 Å². The first-order chi connectivity index (χ1) is 14.6. The SMILES string of the molecule is COC(=O)CC(NC(=O)C1CC(=O)N(c2cccc3ccccc23)C1)c1cccs1. The lowest BCUT2D eigenvalue weighted by atomic mass is 10.1. The lowest BCUT2D eigenvalue weighted by Gasteiger charge is -2.21. The second-order valence-corrected chi connectivity index (χ2v) is 8.24. The van der Waals surface area contributed by atoms with Gasteiger partial charge in [-0.3, -0.25) is 14.4 Å². The maximum Gasteiger partial charge on any atom is 0.307 e. The van der Waals surface area contributed by atoms with Gasteiger partial charge in [-0.15, -0.1) is 11.3 Å². The van der Waals surface area contributed by atoms with Gasteiger partial charge in [0.2, 0.25) is 11.8 Å². The summed E-state index contributed by atoms with van der Waals surface area (Å²) in [4.78, 5) is 40.1. The van der Waals surface area contributed by atoms with Gasteiger partial charge in [-0.05, 0) is 22.9 Å². The van der Waals surface area contributed by atoms with E-state index in [-0.39, 0.29) is 24.7 Å². The largest absolute Gasteiger partial charge is 0.469 e. The van der Waals surface area contributed by atoms with Gasteiger partial charge < -0.3 is 15.0 Å². The second kappa shape index (κ2) is 8.67. The minimum Gasteiger partial charge on any atom is -0.469 e. The molecule has 0 aliphatic carbocycles. The summed E-state index contributed by atoms with van der Waals surface area (Å²) in [5.74, 6) is -1.18. The van der Waals surface area contributed by atoms with Crippen LogP contribution in [0.2, 0.25) is 0 Å². The van der Waals surface area contributed by atoms with Crippen LogP contribution < -0.4 is 10.2 Å². The first-order valence-corrected chi connectivity index (χ1v) is 10.6. The van der Waals surface area contributed by atoms with E-state index in [1.54, 1.807) is 4.90 Å². The summed E-state index contributed by atoms with van der Waals surface area (Å²) >= 11 is 1.47. The molecule has 6 nitrogen and oxygen atoms in total. The fourth-order valence-corrected chi connectivity index (χ4v) is 4.59. The molecular formula is C23H22N2O4S. The van der Waals surface area contributed by atoms with E-state index in [4.69, 9.17) is 4.74 Å². The molecule has 7 heteroatoms. The van der Waals surface area contributed by atoms with Gasteiger partial charge in [-0.25, -0.2) is 0 Å². The highest BCUT2D eigenvalue weighted by atomic mass is 32.1. The topological polar surface area (TPSA) is 75.7 Å². The van der Waals surface area contributed by atoms with Crippen molar-refractivity contribution in [2.24, 2.45) is 5.92 Å². The molecule has 0 bridgehead atoms. The number of esters is 1. The Hall–Kier alpha value is -3.19. The zero-order valence-corrected chi connectivity index (χ0v) is 17.4. The molecule has 1 aliphatic rings. The fourth-order valence-electron chi connectivity index (χ4n) is 3.81. The van der Waals surface area contributed by atoms with Gasteiger partial charge in [0, 0.05) is 23.2 Å². The highest BCUT2D eigenvalue weighted by molar-refractivity contribution is 7.10. The maximum absolute atomic E-state index is 13.0. The number of nitrogens with one attached hydrogen (secondary N) is 1. The predicted octanol–water partition coefficient (Wildman–Crippen LogP) is 3.67. The number of nitrogens with zero attached hydrogens (tertiary/aromatic N) is 1. The summed E-state index contributed by atoms with van der Waals surface area (Å²) in [7, 11) is 1.33. The first-order valence-electron chi connectivity index (χ1n) is 9.75. The predicted molar refractivity (Wildman–Crippen MR) is 116 cm³/mol. The quantitative estimate of drug-likeness (QED) is 0.615. The number of anilines is 1. The molecule has 2 amide bonds. The third kappa shape index (κ3) is 4.07. The number of methoxy groups -OCH3 is 1. The van der Waals surface area contributed by atoms with Crippen LogP contribution in [-0.4, -0.2) is 31.4 Å². The molecule has 30 heavy (non-hydrogen) atoms. The zero-order valence-electron chi connectivity index (χ0n) is 16.5.